The van der Waals surface area contributed by atoms with Gasteiger partial charge in [0.1, 0.15) is 5.75 Å². The maximum absolute atomic E-state index is 12.0. The van der Waals surface area contributed by atoms with Gasteiger partial charge in [-0.25, -0.2) is 0 Å². The fourth-order valence-corrected chi connectivity index (χ4v) is 2.52. The Morgan fingerprint density at radius 1 is 1.40 bits per heavy atom. The van der Waals surface area contributed by atoms with Crippen LogP contribution in [0, 0.1) is 0 Å². The van der Waals surface area contributed by atoms with Crippen LogP contribution >= 0.6 is 24.0 Å². The Hall–Kier alpha value is -1.54. The summed E-state index contributed by atoms with van der Waals surface area (Å²) in [4.78, 5) is 23.8. The Bertz CT molecular complexity index is 580. The van der Waals surface area contributed by atoms with Gasteiger partial charge in [-0.3, -0.25) is 9.59 Å². The maximum Gasteiger partial charge on any atom is 0.226 e. The molecular formula is C16H23Cl2N3O4. The number of nitrogens with one attached hydrogen (secondary N) is 3. The van der Waals surface area contributed by atoms with Crippen molar-refractivity contribution in [1.82, 2.24) is 10.6 Å². The molecule has 1 aliphatic heterocycles. The first-order chi connectivity index (χ1) is 11.6. The predicted molar refractivity (Wildman–Crippen MR) is 98.7 cm³/mol. The highest BCUT2D eigenvalue weighted by atomic mass is 35.5. The summed E-state index contributed by atoms with van der Waals surface area (Å²) in [5.41, 5.74) is 0.505. The van der Waals surface area contributed by atoms with Crippen LogP contribution < -0.4 is 20.7 Å². The zero-order chi connectivity index (χ0) is 17.4. The topological polar surface area (TPSA) is 88.7 Å². The third kappa shape index (κ3) is 7.48. The number of morpholine rings is 1. The molecule has 1 fully saturated rings. The van der Waals surface area contributed by atoms with Crippen molar-refractivity contribution in [2.24, 2.45) is 0 Å². The molecule has 9 heteroatoms. The molecule has 2 amide bonds. The molecule has 0 aliphatic carbocycles. The lowest BCUT2D eigenvalue weighted by Gasteiger charge is -2.23. The number of ether oxygens (including phenoxy) is 2. The molecular weight excluding hydrogens is 369 g/mol. The molecule has 0 aromatic heterocycles. The second-order valence-electron chi connectivity index (χ2n) is 5.42. The second kappa shape index (κ2) is 11.1. The summed E-state index contributed by atoms with van der Waals surface area (Å²) in [6.45, 7) is 2.22. The Morgan fingerprint density at radius 3 is 2.88 bits per heavy atom. The molecule has 1 aliphatic rings. The second-order valence-corrected chi connectivity index (χ2v) is 5.86. The van der Waals surface area contributed by atoms with Gasteiger partial charge in [0.2, 0.25) is 11.8 Å². The van der Waals surface area contributed by atoms with Crippen LogP contribution in [-0.2, 0) is 14.3 Å². The van der Waals surface area contributed by atoms with E-state index in [2.05, 4.69) is 16.0 Å². The summed E-state index contributed by atoms with van der Waals surface area (Å²) >= 11 is 5.92. The van der Waals surface area contributed by atoms with Crippen LogP contribution in [0.1, 0.15) is 12.8 Å². The van der Waals surface area contributed by atoms with Crippen LogP contribution in [-0.4, -0.2) is 51.3 Å². The highest BCUT2D eigenvalue weighted by Gasteiger charge is 2.16. The Morgan fingerprint density at radius 2 is 2.20 bits per heavy atom. The van der Waals surface area contributed by atoms with E-state index in [-0.39, 0.29) is 43.2 Å². The summed E-state index contributed by atoms with van der Waals surface area (Å²) in [6, 6.07) is 5.01. The van der Waals surface area contributed by atoms with E-state index in [4.69, 9.17) is 21.1 Å². The van der Waals surface area contributed by atoms with Crippen LogP contribution in [0.25, 0.3) is 0 Å². The molecule has 0 bridgehead atoms. The molecule has 7 nitrogen and oxygen atoms in total. The quantitative estimate of drug-likeness (QED) is 0.656. The van der Waals surface area contributed by atoms with Crippen LogP contribution in [0.5, 0.6) is 5.75 Å². The van der Waals surface area contributed by atoms with E-state index in [1.165, 1.54) is 7.11 Å². The van der Waals surface area contributed by atoms with E-state index in [1.54, 1.807) is 18.2 Å². The molecule has 0 radical (unpaired) electrons. The van der Waals surface area contributed by atoms with Crippen molar-refractivity contribution in [2.75, 3.05) is 38.7 Å². The molecule has 25 heavy (non-hydrogen) atoms. The van der Waals surface area contributed by atoms with Gasteiger partial charge in [0.05, 0.1) is 26.0 Å². The van der Waals surface area contributed by atoms with Gasteiger partial charge in [0.15, 0.2) is 0 Å². The van der Waals surface area contributed by atoms with Crippen molar-refractivity contribution in [3.05, 3.63) is 23.2 Å². The summed E-state index contributed by atoms with van der Waals surface area (Å²) in [7, 11) is 1.52. The fraction of sp³-hybridized carbons (Fsp3) is 0.500. The van der Waals surface area contributed by atoms with Gasteiger partial charge in [0.25, 0.3) is 0 Å². The number of halogens is 2. The lowest BCUT2D eigenvalue weighted by molar-refractivity contribution is -0.122. The molecule has 3 N–H and O–H groups in total. The summed E-state index contributed by atoms with van der Waals surface area (Å²) in [6.07, 6.45) is 0.500. The van der Waals surface area contributed by atoms with Crippen molar-refractivity contribution < 1.29 is 19.1 Å². The first-order valence-electron chi connectivity index (χ1n) is 7.79. The van der Waals surface area contributed by atoms with Gasteiger partial charge in [-0.2, -0.15) is 0 Å². The highest BCUT2D eigenvalue weighted by Crippen LogP contribution is 2.27. The number of rotatable bonds is 7. The summed E-state index contributed by atoms with van der Waals surface area (Å²) in [5.74, 6) is 0.196. The van der Waals surface area contributed by atoms with Gasteiger partial charge in [-0.15, -0.1) is 12.4 Å². The normalized spacial score (nSPS) is 16.5. The summed E-state index contributed by atoms with van der Waals surface area (Å²) in [5, 5.41) is 9.17. The minimum Gasteiger partial charge on any atom is -0.495 e. The van der Waals surface area contributed by atoms with E-state index >= 15 is 0 Å². The van der Waals surface area contributed by atoms with Crippen LogP contribution in [0.3, 0.4) is 0 Å². The standard InChI is InChI=1S/C16H22ClN3O4.ClH/c1-23-14-3-2-11(17)8-13(14)20-15(21)4-5-19-16(22)9-12-10-24-7-6-18-12;/h2-3,8,12,18H,4-7,9-10H2,1H3,(H,19,22)(H,20,21);1H. The van der Waals surface area contributed by atoms with Gasteiger partial charge >= 0.3 is 0 Å². The van der Waals surface area contributed by atoms with Crippen LogP contribution in [0.2, 0.25) is 5.02 Å². The number of amides is 2. The van der Waals surface area contributed by atoms with Crippen molar-refractivity contribution in [1.29, 1.82) is 0 Å². The van der Waals surface area contributed by atoms with E-state index in [1.807, 2.05) is 0 Å². The van der Waals surface area contributed by atoms with Crippen molar-refractivity contribution >= 4 is 41.5 Å². The zero-order valence-corrected chi connectivity index (χ0v) is 15.5. The average Bonchev–Trinajstić information content (AvgIpc) is 2.56. The first kappa shape index (κ1) is 21.5. The largest absolute Gasteiger partial charge is 0.495 e. The number of hydrogen-bond donors (Lipinski definition) is 3. The number of carbonyl (C=O) groups excluding carboxylic acids is 2. The lowest BCUT2D eigenvalue weighted by atomic mass is 10.2. The monoisotopic (exact) mass is 391 g/mol. The molecule has 1 aromatic rings. The summed E-state index contributed by atoms with van der Waals surface area (Å²) < 4.78 is 10.5. The molecule has 1 saturated heterocycles. The maximum atomic E-state index is 12.0. The van der Waals surface area contributed by atoms with Gasteiger partial charge in [0, 0.05) is 37.0 Å². The molecule has 2 rings (SSSR count). The van der Waals surface area contributed by atoms with Gasteiger partial charge in [-0.05, 0) is 18.2 Å². The van der Waals surface area contributed by atoms with Crippen LogP contribution in [0.4, 0.5) is 5.69 Å². The zero-order valence-electron chi connectivity index (χ0n) is 14.0. The third-order valence-electron chi connectivity index (χ3n) is 3.54. The predicted octanol–water partition coefficient (Wildman–Crippen LogP) is 1.59. The molecule has 1 aromatic carbocycles. The third-order valence-corrected chi connectivity index (χ3v) is 3.78. The number of methoxy groups -OCH3 is 1. The Balaban J connectivity index is 0.00000312. The van der Waals surface area contributed by atoms with Gasteiger partial charge in [-0.1, -0.05) is 11.6 Å². The first-order valence-corrected chi connectivity index (χ1v) is 8.17. The van der Waals surface area contributed by atoms with E-state index in [0.29, 0.717) is 36.1 Å². The fourth-order valence-electron chi connectivity index (χ4n) is 2.35. The molecule has 0 saturated carbocycles. The van der Waals surface area contributed by atoms with Crippen LogP contribution in [0.15, 0.2) is 18.2 Å². The van der Waals surface area contributed by atoms with Crippen molar-refractivity contribution in [2.45, 2.75) is 18.9 Å². The average molecular weight is 392 g/mol. The smallest absolute Gasteiger partial charge is 0.226 e. The number of carbonyl (C=O) groups is 2. The molecule has 140 valence electrons. The van der Waals surface area contributed by atoms with Crippen molar-refractivity contribution in [3.63, 3.8) is 0 Å². The number of benzene rings is 1. The molecule has 1 heterocycles. The highest BCUT2D eigenvalue weighted by molar-refractivity contribution is 6.31. The molecule has 1 atom stereocenters. The van der Waals surface area contributed by atoms with Gasteiger partial charge < -0.3 is 25.4 Å². The Labute approximate surface area is 158 Å². The minimum atomic E-state index is -0.227. The van der Waals surface area contributed by atoms with Crippen molar-refractivity contribution in [3.8, 4) is 5.75 Å². The van der Waals surface area contributed by atoms with E-state index in [0.717, 1.165) is 6.54 Å². The minimum absolute atomic E-state index is 0. The lowest BCUT2D eigenvalue weighted by Crippen LogP contribution is -2.44. The Kier molecular flexibility index (Phi) is 9.59. The number of anilines is 1. The molecule has 0 spiro atoms. The number of hydrogen-bond acceptors (Lipinski definition) is 5. The molecule has 1 unspecified atom stereocenters. The van der Waals surface area contributed by atoms with E-state index < -0.39 is 0 Å². The SMILES string of the molecule is COc1ccc(Cl)cc1NC(=O)CCNC(=O)CC1COCCN1.Cl. The van der Waals surface area contributed by atoms with E-state index in [9.17, 15) is 9.59 Å².